The number of alkyl halides is 3. The smallest absolute Gasteiger partial charge is 0.475 e. The van der Waals surface area contributed by atoms with E-state index in [2.05, 4.69) is 10.00 Å². The van der Waals surface area contributed by atoms with Gasteiger partial charge in [-0.3, -0.25) is 19.2 Å². The van der Waals surface area contributed by atoms with Crippen LogP contribution in [-0.4, -0.2) is 113 Å². The third-order valence-corrected chi connectivity index (χ3v) is 5.36. The van der Waals surface area contributed by atoms with Crippen molar-refractivity contribution in [2.24, 2.45) is 0 Å². The number of morpholine rings is 1. The van der Waals surface area contributed by atoms with Gasteiger partial charge in [-0.2, -0.15) is 18.3 Å². The monoisotopic (exact) mass is 463 g/mol. The maximum Gasteiger partial charge on any atom is 0.490 e. The molecule has 3 rings (SSSR count). The van der Waals surface area contributed by atoms with Crippen molar-refractivity contribution in [3.8, 4) is 0 Å². The maximum absolute atomic E-state index is 12.2. The standard InChI is InChI=1S/C17H27N5O3.C2HF3O2/c1-19(2)15(23)12-20-8-4-17(5-9-20)14-21(16(24)13-25-17)10-11-22-7-3-6-18-22;3-2(4,5)1(6)7/h3,6-7H,4-5,8-14H2,1-2H3;(H,6,7). The number of hydrogen-bond acceptors (Lipinski definition) is 6. The first-order valence-corrected chi connectivity index (χ1v) is 10.0. The fourth-order valence-electron chi connectivity index (χ4n) is 3.40. The van der Waals surface area contributed by atoms with Gasteiger partial charge in [0.25, 0.3) is 0 Å². The molecule has 1 aromatic rings. The number of rotatable bonds is 5. The Morgan fingerprint density at radius 1 is 1.25 bits per heavy atom. The van der Waals surface area contributed by atoms with Crippen LogP contribution >= 0.6 is 0 Å². The van der Waals surface area contributed by atoms with Crippen molar-refractivity contribution in [3.63, 3.8) is 0 Å². The number of ether oxygens (including phenoxy) is 1. The van der Waals surface area contributed by atoms with Crippen LogP contribution in [-0.2, 0) is 25.7 Å². The number of aromatic nitrogens is 2. The number of carboxylic acids is 1. The number of piperidine rings is 1. The molecular formula is C19H28F3N5O5. The molecule has 180 valence electrons. The second-order valence-corrected chi connectivity index (χ2v) is 7.92. The van der Waals surface area contributed by atoms with Crippen molar-refractivity contribution in [1.82, 2.24) is 24.5 Å². The maximum atomic E-state index is 12.2. The molecule has 2 fully saturated rings. The molecule has 0 radical (unpaired) electrons. The highest BCUT2D eigenvalue weighted by molar-refractivity contribution is 5.78. The lowest BCUT2D eigenvalue weighted by molar-refractivity contribution is -0.192. The highest BCUT2D eigenvalue weighted by Crippen LogP contribution is 2.30. The molecule has 2 saturated heterocycles. The largest absolute Gasteiger partial charge is 0.490 e. The molecular weight excluding hydrogens is 435 g/mol. The summed E-state index contributed by atoms with van der Waals surface area (Å²) in [4.78, 5) is 38.6. The number of aliphatic carboxylic acids is 1. The lowest BCUT2D eigenvalue weighted by Gasteiger charge is -2.47. The van der Waals surface area contributed by atoms with Crippen LogP contribution in [0.25, 0.3) is 0 Å². The van der Waals surface area contributed by atoms with E-state index in [9.17, 15) is 22.8 Å². The highest BCUT2D eigenvalue weighted by Gasteiger charge is 2.42. The summed E-state index contributed by atoms with van der Waals surface area (Å²) < 4.78 is 39.5. The minimum Gasteiger partial charge on any atom is -0.475 e. The van der Waals surface area contributed by atoms with Gasteiger partial charge in [-0.25, -0.2) is 4.79 Å². The van der Waals surface area contributed by atoms with E-state index in [-0.39, 0.29) is 24.0 Å². The first-order valence-electron chi connectivity index (χ1n) is 10.0. The van der Waals surface area contributed by atoms with E-state index < -0.39 is 12.1 Å². The number of carbonyl (C=O) groups excluding carboxylic acids is 2. The third-order valence-electron chi connectivity index (χ3n) is 5.36. The number of likely N-dealkylation sites (N-methyl/N-ethyl adjacent to an activating group) is 1. The molecule has 2 aliphatic heterocycles. The Hall–Kier alpha value is -2.67. The Bertz CT molecular complexity index is 777. The third kappa shape index (κ3) is 7.48. The van der Waals surface area contributed by atoms with Crippen LogP contribution in [0, 0.1) is 0 Å². The Labute approximate surface area is 183 Å². The van der Waals surface area contributed by atoms with Gasteiger partial charge in [0.05, 0.1) is 18.7 Å². The molecule has 13 heteroatoms. The van der Waals surface area contributed by atoms with E-state index in [1.165, 1.54) is 0 Å². The van der Waals surface area contributed by atoms with E-state index in [1.54, 1.807) is 25.2 Å². The number of carbonyl (C=O) groups is 3. The minimum atomic E-state index is -5.08. The van der Waals surface area contributed by atoms with E-state index in [4.69, 9.17) is 14.6 Å². The Balaban J connectivity index is 0.000000451. The topological polar surface area (TPSA) is 108 Å². The Morgan fingerprint density at radius 3 is 2.38 bits per heavy atom. The van der Waals surface area contributed by atoms with Crippen LogP contribution in [0.15, 0.2) is 18.5 Å². The molecule has 1 aromatic heterocycles. The number of nitrogens with zero attached hydrogens (tertiary/aromatic N) is 5. The van der Waals surface area contributed by atoms with Gasteiger partial charge in [0.2, 0.25) is 11.8 Å². The molecule has 32 heavy (non-hydrogen) atoms. The summed E-state index contributed by atoms with van der Waals surface area (Å²) in [5.41, 5.74) is -0.268. The fourth-order valence-corrected chi connectivity index (χ4v) is 3.40. The summed E-state index contributed by atoms with van der Waals surface area (Å²) in [6.45, 7) is 4.21. The zero-order valence-electron chi connectivity index (χ0n) is 18.0. The summed E-state index contributed by atoms with van der Waals surface area (Å²) in [5, 5.41) is 11.3. The summed E-state index contributed by atoms with van der Waals surface area (Å²) in [7, 11) is 3.56. The van der Waals surface area contributed by atoms with Crippen LogP contribution < -0.4 is 0 Å². The van der Waals surface area contributed by atoms with Crippen LogP contribution in [0.5, 0.6) is 0 Å². The average Bonchev–Trinajstić information content (AvgIpc) is 3.24. The van der Waals surface area contributed by atoms with Gasteiger partial charge in [-0.1, -0.05) is 0 Å². The van der Waals surface area contributed by atoms with Crippen LogP contribution in [0.1, 0.15) is 12.8 Å². The van der Waals surface area contributed by atoms with Crippen LogP contribution in [0.3, 0.4) is 0 Å². The van der Waals surface area contributed by atoms with Crippen molar-refractivity contribution >= 4 is 17.8 Å². The average molecular weight is 463 g/mol. The second kappa shape index (κ2) is 10.8. The zero-order chi connectivity index (χ0) is 23.9. The molecule has 10 nitrogen and oxygen atoms in total. The van der Waals surface area contributed by atoms with Crippen LogP contribution in [0.4, 0.5) is 13.2 Å². The van der Waals surface area contributed by atoms with E-state index in [0.717, 1.165) is 25.9 Å². The summed E-state index contributed by atoms with van der Waals surface area (Å²) in [5.74, 6) is -2.59. The number of amides is 2. The van der Waals surface area contributed by atoms with Gasteiger partial charge in [0, 0.05) is 52.7 Å². The number of carboxylic acid groups (broad SMARTS) is 1. The first-order chi connectivity index (χ1) is 14.9. The number of likely N-dealkylation sites (tertiary alicyclic amines) is 1. The van der Waals surface area contributed by atoms with Crippen LogP contribution in [0.2, 0.25) is 0 Å². The number of halogens is 3. The molecule has 0 atom stereocenters. The molecule has 2 aliphatic rings. The predicted octanol–water partition coefficient (Wildman–Crippen LogP) is 0.298. The van der Waals surface area contributed by atoms with E-state index in [0.29, 0.717) is 26.2 Å². The fraction of sp³-hybridized carbons (Fsp3) is 0.684. The van der Waals surface area contributed by atoms with Gasteiger partial charge in [0.15, 0.2) is 0 Å². The normalized spacial score (nSPS) is 18.8. The van der Waals surface area contributed by atoms with Crippen molar-refractivity contribution in [3.05, 3.63) is 18.5 Å². The quantitative estimate of drug-likeness (QED) is 0.669. The summed E-state index contributed by atoms with van der Waals surface area (Å²) in [6, 6.07) is 1.88. The van der Waals surface area contributed by atoms with Crippen molar-refractivity contribution in [2.45, 2.75) is 31.2 Å². The Kier molecular flexibility index (Phi) is 8.61. The molecule has 3 heterocycles. The molecule has 0 unspecified atom stereocenters. The lowest BCUT2D eigenvalue weighted by atomic mass is 9.89. The van der Waals surface area contributed by atoms with E-state index in [1.807, 2.05) is 21.8 Å². The highest BCUT2D eigenvalue weighted by atomic mass is 19.4. The Morgan fingerprint density at radius 2 is 1.88 bits per heavy atom. The van der Waals surface area contributed by atoms with Gasteiger partial charge in [-0.15, -0.1) is 0 Å². The van der Waals surface area contributed by atoms with Gasteiger partial charge < -0.3 is 19.6 Å². The molecule has 0 saturated carbocycles. The minimum absolute atomic E-state index is 0.0444. The molecule has 0 aliphatic carbocycles. The van der Waals surface area contributed by atoms with E-state index >= 15 is 0 Å². The molecule has 2 amide bonds. The van der Waals surface area contributed by atoms with Gasteiger partial charge in [-0.05, 0) is 18.9 Å². The second-order valence-electron chi connectivity index (χ2n) is 7.92. The molecule has 1 N–H and O–H groups in total. The molecule has 1 spiro atoms. The van der Waals surface area contributed by atoms with Gasteiger partial charge in [0.1, 0.15) is 6.61 Å². The van der Waals surface area contributed by atoms with Crippen molar-refractivity contribution in [2.75, 3.05) is 53.4 Å². The number of hydrogen-bond donors (Lipinski definition) is 1. The molecule has 0 bridgehead atoms. The van der Waals surface area contributed by atoms with Gasteiger partial charge >= 0.3 is 12.1 Å². The zero-order valence-corrected chi connectivity index (χ0v) is 18.0. The summed E-state index contributed by atoms with van der Waals surface area (Å²) >= 11 is 0. The lowest BCUT2D eigenvalue weighted by Crippen LogP contribution is -2.59. The molecule has 0 aromatic carbocycles. The van der Waals surface area contributed by atoms with Crippen molar-refractivity contribution in [1.29, 1.82) is 0 Å². The predicted molar refractivity (Wildman–Crippen MR) is 106 cm³/mol. The van der Waals surface area contributed by atoms with Crippen molar-refractivity contribution < 1.29 is 37.4 Å². The first kappa shape index (κ1) is 25.6. The summed E-state index contributed by atoms with van der Waals surface area (Å²) in [6.07, 6.45) is 0.257. The SMILES string of the molecule is CN(C)C(=O)CN1CCC2(CC1)CN(CCn1cccn1)C(=O)CO2.O=C(O)C(F)(F)F.